The summed E-state index contributed by atoms with van der Waals surface area (Å²) >= 11 is 0. The number of ether oxygens (including phenoxy) is 4. The summed E-state index contributed by atoms with van der Waals surface area (Å²) in [5.41, 5.74) is 0.908. The van der Waals surface area contributed by atoms with E-state index >= 15 is 0 Å². The summed E-state index contributed by atoms with van der Waals surface area (Å²) in [7, 11) is -0.683. The fraction of sp³-hybridized carbons (Fsp3) is 0.400. The molecule has 0 N–H and O–H groups in total. The number of hydrogen-bond donors (Lipinski definition) is 0. The highest BCUT2D eigenvalue weighted by molar-refractivity contribution is 7.89. The predicted molar refractivity (Wildman–Crippen MR) is 103 cm³/mol. The van der Waals surface area contributed by atoms with E-state index in [0.29, 0.717) is 42.8 Å². The predicted octanol–water partition coefficient (Wildman–Crippen LogP) is 3.00. The molecule has 1 fully saturated rings. The van der Waals surface area contributed by atoms with Crippen molar-refractivity contribution in [2.24, 2.45) is 0 Å². The smallest absolute Gasteiger partial charge is 0.243 e. The fourth-order valence-electron chi connectivity index (χ4n) is 3.74. The largest absolute Gasteiger partial charge is 0.493 e. The van der Waals surface area contributed by atoms with E-state index in [1.165, 1.54) is 20.3 Å². The van der Waals surface area contributed by atoms with Gasteiger partial charge in [0, 0.05) is 12.6 Å². The minimum atomic E-state index is -3.69. The van der Waals surface area contributed by atoms with Crippen LogP contribution in [0.5, 0.6) is 23.0 Å². The van der Waals surface area contributed by atoms with E-state index in [1.807, 2.05) is 18.2 Å². The maximum atomic E-state index is 13.3. The van der Waals surface area contributed by atoms with Crippen molar-refractivity contribution < 1.29 is 27.4 Å². The molecule has 4 rings (SSSR count). The zero-order valence-electron chi connectivity index (χ0n) is 15.9. The Morgan fingerprint density at radius 2 is 1.71 bits per heavy atom. The van der Waals surface area contributed by atoms with Gasteiger partial charge in [0.2, 0.25) is 10.0 Å². The second-order valence-corrected chi connectivity index (χ2v) is 8.58. The molecule has 2 aliphatic rings. The molecule has 2 heterocycles. The molecule has 28 heavy (non-hydrogen) atoms. The number of sulfonamides is 1. The lowest BCUT2D eigenvalue weighted by atomic mass is 10.0. The lowest BCUT2D eigenvalue weighted by Crippen LogP contribution is -2.30. The van der Waals surface area contributed by atoms with Crippen molar-refractivity contribution in [3.8, 4) is 23.0 Å². The Kier molecular flexibility index (Phi) is 5.07. The molecule has 8 heteroatoms. The molecule has 150 valence electrons. The van der Waals surface area contributed by atoms with Crippen LogP contribution in [-0.4, -0.2) is 46.7 Å². The van der Waals surface area contributed by atoms with E-state index in [4.69, 9.17) is 18.9 Å². The van der Waals surface area contributed by atoms with E-state index in [2.05, 4.69) is 0 Å². The Morgan fingerprint density at radius 3 is 2.46 bits per heavy atom. The van der Waals surface area contributed by atoms with Crippen LogP contribution in [0.2, 0.25) is 0 Å². The first kappa shape index (κ1) is 18.9. The van der Waals surface area contributed by atoms with Crippen molar-refractivity contribution in [2.75, 3.05) is 34.0 Å². The zero-order chi connectivity index (χ0) is 19.7. The zero-order valence-corrected chi connectivity index (χ0v) is 16.7. The van der Waals surface area contributed by atoms with E-state index in [-0.39, 0.29) is 10.9 Å². The van der Waals surface area contributed by atoms with Crippen LogP contribution < -0.4 is 18.9 Å². The van der Waals surface area contributed by atoms with Gasteiger partial charge in [-0.1, -0.05) is 6.07 Å². The molecule has 0 bridgehead atoms. The number of hydrogen-bond acceptors (Lipinski definition) is 6. The van der Waals surface area contributed by atoms with Gasteiger partial charge in [0.25, 0.3) is 0 Å². The van der Waals surface area contributed by atoms with Crippen molar-refractivity contribution in [3.05, 3.63) is 42.0 Å². The van der Waals surface area contributed by atoms with Crippen LogP contribution in [0.1, 0.15) is 24.4 Å². The summed E-state index contributed by atoms with van der Waals surface area (Å²) in [6.45, 7) is 1.49. The first-order valence-electron chi connectivity index (χ1n) is 9.18. The van der Waals surface area contributed by atoms with Crippen LogP contribution in [0.15, 0.2) is 41.3 Å². The van der Waals surface area contributed by atoms with Gasteiger partial charge in [-0.15, -0.1) is 0 Å². The summed E-state index contributed by atoms with van der Waals surface area (Å²) in [5, 5.41) is 0. The number of benzene rings is 2. The van der Waals surface area contributed by atoms with E-state index in [9.17, 15) is 8.42 Å². The number of methoxy groups -OCH3 is 2. The molecule has 1 atom stereocenters. The van der Waals surface area contributed by atoms with Crippen LogP contribution in [-0.2, 0) is 10.0 Å². The molecule has 0 aliphatic carbocycles. The Bertz CT molecular complexity index is 975. The molecule has 0 amide bonds. The van der Waals surface area contributed by atoms with Gasteiger partial charge in [-0.3, -0.25) is 0 Å². The average Bonchev–Trinajstić information content (AvgIpc) is 3.23. The highest BCUT2D eigenvalue weighted by atomic mass is 32.2. The van der Waals surface area contributed by atoms with Gasteiger partial charge in [-0.05, 0) is 42.7 Å². The maximum Gasteiger partial charge on any atom is 0.243 e. The van der Waals surface area contributed by atoms with Gasteiger partial charge in [-0.2, -0.15) is 4.31 Å². The SMILES string of the molecule is COc1ccc(S(=O)(=O)N2CCC[C@H]2c2ccc3c(c2)OCCO3)cc1OC. The maximum absolute atomic E-state index is 13.3. The van der Waals surface area contributed by atoms with Crippen molar-refractivity contribution >= 4 is 10.0 Å². The molecule has 1 saturated heterocycles. The molecule has 0 aromatic heterocycles. The van der Waals surface area contributed by atoms with Crippen LogP contribution >= 0.6 is 0 Å². The van der Waals surface area contributed by atoms with E-state index in [0.717, 1.165) is 18.4 Å². The lowest BCUT2D eigenvalue weighted by Gasteiger charge is -2.26. The fourth-order valence-corrected chi connectivity index (χ4v) is 5.44. The van der Waals surface area contributed by atoms with Gasteiger partial charge in [-0.25, -0.2) is 8.42 Å². The molecule has 0 radical (unpaired) electrons. The van der Waals surface area contributed by atoms with Crippen molar-refractivity contribution in [1.29, 1.82) is 0 Å². The summed E-state index contributed by atoms with van der Waals surface area (Å²) in [5.74, 6) is 2.24. The Hall–Kier alpha value is -2.45. The summed E-state index contributed by atoms with van der Waals surface area (Å²) in [4.78, 5) is 0.189. The molecule has 0 saturated carbocycles. The lowest BCUT2D eigenvalue weighted by molar-refractivity contribution is 0.171. The first-order valence-corrected chi connectivity index (χ1v) is 10.6. The molecular formula is C20H23NO6S. The van der Waals surface area contributed by atoms with Gasteiger partial charge >= 0.3 is 0 Å². The van der Waals surface area contributed by atoms with Gasteiger partial charge in [0.15, 0.2) is 23.0 Å². The molecule has 2 aliphatic heterocycles. The van der Waals surface area contributed by atoms with Crippen molar-refractivity contribution in [1.82, 2.24) is 4.31 Å². The third-order valence-corrected chi connectivity index (χ3v) is 7.02. The molecule has 2 aromatic rings. The molecule has 0 unspecified atom stereocenters. The number of rotatable bonds is 5. The van der Waals surface area contributed by atoms with Crippen LogP contribution in [0.25, 0.3) is 0 Å². The summed E-state index contributed by atoms with van der Waals surface area (Å²) < 4.78 is 50.0. The second-order valence-electron chi connectivity index (χ2n) is 6.69. The first-order chi connectivity index (χ1) is 13.5. The van der Waals surface area contributed by atoms with Crippen molar-refractivity contribution in [3.63, 3.8) is 0 Å². The van der Waals surface area contributed by atoms with Crippen LogP contribution in [0, 0.1) is 0 Å². The van der Waals surface area contributed by atoms with E-state index in [1.54, 1.807) is 16.4 Å². The number of nitrogens with zero attached hydrogens (tertiary/aromatic N) is 1. The molecular weight excluding hydrogens is 382 g/mol. The number of fused-ring (bicyclic) bond motifs is 1. The molecule has 2 aromatic carbocycles. The third-order valence-electron chi connectivity index (χ3n) is 5.12. The minimum Gasteiger partial charge on any atom is -0.493 e. The Balaban J connectivity index is 1.67. The van der Waals surface area contributed by atoms with Crippen LogP contribution in [0.3, 0.4) is 0 Å². The minimum absolute atomic E-state index is 0.189. The monoisotopic (exact) mass is 405 g/mol. The van der Waals surface area contributed by atoms with E-state index < -0.39 is 10.0 Å². The average molecular weight is 405 g/mol. The Labute approximate surface area is 164 Å². The summed E-state index contributed by atoms with van der Waals surface area (Å²) in [6.07, 6.45) is 1.55. The highest BCUT2D eigenvalue weighted by Gasteiger charge is 2.37. The standard InChI is InChI=1S/C20H23NO6S/c1-24-17-8-6-15(13-19(17)25-2)28(22,23)21-9-3-4-16(21)14-5-7-18-20(12-14)27-11-10-26-18/h5-8,12-13,16H,3-4,9-11H2,1-2H3/t16-/m0/s1. The van der Waals surface area contributed by atoms with Gasteiger partial charge in [0.1, 0.15) is 13.2 Å². The third kappa shape index (κ3) is 3.27. The highest BCUT2D eigenvalue weighted by Crippen LogP contribution is 2.41. The Morgan fingerprint density at radius 1 is 0.964 bits per heavy atom. The topological polar surface area (TPSA) is 74.3 Å². The second kappa shape index (κ2) is 7.52. The van der Waals surface area contributed by atoms with Crippen LogP contribution in [0.4, 0.5) is 0 Å². The van der Waals surface area contributed by atoms with Gasteiger partial charge < -0.3 is 18.9 Å². The summed E-state index contributed by atoms with van der Waals surface area (Å²) in [6, 6.07) is 10.1. The quantitative estimate of drug-likeness (QED) is 0.761. The normalized spacial score (nSPS) is 19.4. The van der Waals surface area contributed by atoms with Gasteiger partial charge in [0.05, 0.1) is 25.2 Å². The van der Waals surface area contributed by atoms with Crippen molar-refractivity contribution in [2.45, 2.75) is 23.8 Å². The molecule has 0 spiro atoms. The molecule has 7 nitrogen and oxygen atoms in total.